The van der Waals surface area contributed by atoms with Gasteiger partial charge in [0.05, 0.1) is 15.6 Å². The highest BCUT2D eigenvalue weighted by Gasteiger charge is 2.01. The zero-order valence-electron chi connectivity index (χ0n) is 11.7. The van der Waals surface area contributed by atoms with E-state index in [2.05, 4.69) is 19.9 Å². The summed E-state index contributed by atoms with van der Waals surface area (Å²) in [7, 11) is 0.687. The first-order valence-corrected chi connectivity index (χ1v) is 9.85. The second-order valence-electron chi connectivity index (χ2n) is 4.39. The summed E-state index contributed by atoms with van der Waals surface area (Å²) in [5, 5.41) is 0. The van der Waals surface area contributed by atoms with E-state index in [4.69, 9.17) is 11.6 Å². The van der Waals surface area contributed by atoms with Crippen molar-refractivity contribution in [3.63, 3.8) is 0 Å². The predicted molar refractivity (Wildman–Crippen MR) is 87.8 cm³/mol. The van der Waals surface area contributed by atoms with Crippen LogP contribution in [0.1, 0.15) is 46.5 Å². The minimum atomic E-state index is -0.814. The van der Waals surface area contributed by atoms with Crippen molar-refractivity contribution < 1.29 is 4.21 Å². The van der Waals surface area contributed by atoms with E-state index in [0.717, 1.165) is 12.2 Å². The predicted octanol–water partition coefficient (Wildman–Crippen LogP) is 5.10. The van der Waals surface area contributed by atoms with Gasteiger partial charge in [0.1, 0.15) is 0 Å². The van der Waals surface area contributed by atoms with Gasteiger partial charge in [-0.05, 0) is 26.7 Å². The molecule has 18 heavy (non-hydrogen) atoms. The molecule has 0 saturated carbocycles. The van der Waals surface area contributed by atoms with Crippen LogP contribution in [0, 0.1) is 0 Å². The molecule has 0 saturated heterocycles. The highest BCUT2D eigenvalue weighted by atomic mass is 35.5. The van der Waals surface area contributed by atoms with Crippen LogP contribution in [0.5, 0.6) is 0 Å². The average molecular weight is 309 g/mol. The van der Waals surface area contributed by atoms with Crippen LogP contribution < -0.4 is 0 Å². The van der Waals surface area contributed by atoms with E-state index < -0.39 is 9.83 Å². The molecule has 0 aliphatic rings. The summed E-state index contributed by atoms with van der Waals surface area (Å²) < 4.78 is 11.7. The van der Waals surface area contributed by atoms with Crippen molar-refractivity contribution in [3.8, 4) is 0 Å². The molecular weight excluding hydrogens is 284 g/mol. The van der Waals surface area contributed by atoms with E-state index in [1.54, 1.807) is 0 Å². The zero-order chi connectivity index (χ0) is 13.8. The third kappa shape index (κ3) is 10.2. The fourth-order valence-corrected chi connectivity index (χ4v) is 3.84. The highest BCUT2D eigenvalue weighted by Crippen LogP contribution is 2.16. The Labute approximate surface area is 123 Å². The SMILES string of the molecule is CCCCC/C=C/CS(=O)SC/C(C)=C(\C)CCl. The standard InChI is InChI=1S/C14H25ClOS2/c1-4-5-6-7-8-9-10-18(16)17-12-14(3)13(2)11-15/h8-9H,4-7,10-12H2,1-3H3/b9-8+,14-13+. The first-order chi connectivity index (χ1) is 8.61. The molecular formula is C14H25ClOS2. The molecule has 0 aromatic heterocycles. The van der Waals surface area contributed by atoms with Crippen molar-refractivity contribution in [1.29, 1.82) is 0 Å². The van der Waals surface area contributed by atoms with Crippen LogP contribution in [0.4, 0.5) is 0 Å². The molecule has 0 aliphatic carbocycles. The first kappa shape index (κ1) is 18.3. The van der Waals surface area contributed by atoms with Crippen molar-refractivity contribution in [3.05, 3.63) is 23.3 Å². The van der Waals surface area contributed by atoms with Crippen LogP contribution in [-0.4, -0.2) is 21.6 Å². The topological polar surface area (TPSA) is 17.1 Å². The highest BCUT2D eigenvalue weighted by molar-refractivity contribution is 8.69. The molecule has 0 radical (unpaired) electrons. The molecule has 1 atom stereocenters. The van der Waals surface area contributed by atoms with Gasteiger partial charge in [0.15, 0.2) is 0 Å². The molecule has 0 heterocycles. The Morgan fingerprint density at radius 2 is 1.94 bits per heavy atom. The van der Waals surface area contributed by atoms with E-state index >= 15 is 0 Å². The van der Waals surface area contributed by atoms with Crippen LogP contribution >= 0.6 is 22.4 Å². The molecule has 0 aliphatic heterocycles. The number of halogens is 1. The molecule has 0 rings (SSSR count). The maximum atomic E-state index is 11.7. The Kier molecular flexibility index (Phi) is 12.5. The van der Waals surface area contributed by atoms with Gasteiger partial charge in [-0.3, -0.25) is 0 Å². The molecule has 0 aromatic rings. The summed E-state index contributed by atoms with van der Waals surface area (Å²) in [6, 6.07) is 0. The molecule has 4 heteroatoms. The van der Waals surface area contributed by atoms with Gasteiger partial charge < -0.3 is 0 Å². The molecule has 0 fully saturated rings. The molecule has 0 spiro atoms. The molecule has 0 amide bonds. The summed E-state index contributed by atoms with van der Waals surface area (Å²) in [5.74, 6) is 2.04. The smallest absolute Gasteiger partial charge is 0.0845 e. The number of alkyl halides is 1. The Morgan fingerprint density at radius 1 is 1.22 bits per heavy atom. The number of allylic oxidation sites excluding steroid dienone is 2. The summed E-state index contributed by atoms with van der Waals surface area (Å²) in [4.78, 5) is 0. The number of hydrogen-bond acceptors (Lipinski definition) is 2. The summed E-state index contributed by atoms with van der Waals surface area (Å²) in [5.41, 5.74) is 2.44. The van der Waals surface area contributed by atoms with Gasteiger partial charge in [0.2, 0.25) is 0 Å². The van der Waals surface area contributed by atoms with Crippen LogP contribution in [0.2, 0.25) is 0 Å². The maximum absolute atomic E-state index is 11.7. The second-order valence-corrected chi connectivity index (χ2v) is 7.95. The Bertz CT molecular complexity index is 298. The van der Waals surface area contributed by atoms with Crippen molar-refractivity contribution in [2.24, 2.45) is 0 Å². The van der Waals surface area contributed by atoms with Crippen LogP contribution in [0.25, 0.3) is 0 Å². The van der Waals surface area contributed by atoms with E-state index in [-0.39, 0.29) is 0 Å². The summed E-state index contributed by atoms with van der Waals surface area (Å²) in [6.07, 6.45) is 9.08. The second kappa shape index (κ2) is 12.3. The lowest BCUT2D eigenvalue weighted by molar-refractivity contribution is 0.693. The Morgan fingerprint density at radius 3 is 2.56 bits per heavy atom. The molecule has 0 aromatic carbocycles. The van der Waals surface area contributed by atoms with Gasteiger partial charge in [-0.15, -0.1) is 11.6 Å². The van der Waals surface area contributed by atoms with E-state index in [9.17, 15) is 4.21 Å². The molecule has 0 N–H and O–H groups in total. The van der Waals surface area contributed by atoms with Gasteiger partial charge in [-0.25, -0.2) is 4.21 Å². The lowest BCUT2D eigenvalue weighted by Crippen LogP contribution is -1.94. The lowest BCUT2D eigenvalue weighted by Gasteiger charge is -2.03. The van der Waals surface area contributed by atoms with Crippen LogP contribution in [0.3, 0.4) is 0 Å². The van der Waals surface area contributed by atoms with Crippen molar-refractivity contribution >= 4 is 32.2 Å². The summed E-state index contributed by atoms with van der Waals surface area (Å²) in [6.45, 7) is 6.29. The third-order valence-electron chi connectivity index (χ3n) is 2.71. The Hall–Kier alpha value is 0.270. The van der Waals surface area contributed by atoms with Gasteiger partial charge in [-0.2, -0.15) is 0 Å². The van der Waals surface area contributed by atoms with Crippen LogP contribution in [0.15, 0.2) is 23.3 Å². The minimum Gasteiger partial charge on any atom is -0.248 e. The minimum absolute atomic E-state index is 0.566. The van der Waals surface area contributed by atoms with Crippen LogP contribution in [-0.2, 0) is 9.83 Å². The number of hydrogen-bond donors (Lipinski definition) is 0. The summed E-state index contributed by atoms with van der Waals surface area (Å²) >= 11 is 5.75. The maximum Gasteiger partial charge on any atom is 0.0845 e. The quantitative estimate of drug-likeness (QED) is 0.242. The van der Waals surface area contributed by atoms with Gasteiger partial charge in [0, 0.05) is 11.6 Å². The van der Waals surface area contributed by atoms with E-state index in [0.29, 0.717) is 11.6 Å². The molecule has 0 bridgehead atoms. The molecule has 1 nitrogen and oxygen atoms in total. The largest absolute Gasteiger partial charge is 0.248 e. The monoisotopic (exact) mass is 308 g/mol. The Balaban J connectivity index is 3.72. The third-order valence-corrected chi connectivity index (χ3v) is 5.94. The molecule has 1 unspecified atom stereocenters. The lowest BCUT2D eigenvalue weighted by atomic mass is 10.2. The number of unbranched alkanes of at least 4 members (excludes halogenated alkanes) is 3. The van der Waals surface area contributed by atoms with E-state index in [1.807, 2.05) is 13.0 Å². The van der Waals surface area contributed by atoms with Crippen molar-refractivity contribution in [1.82, 2.24) is 0 Å². The fourth-order valence-electron chi connectivity index (χ4n) is 1.22. The first-order valence-electron chi connectivity index (χ1n) is 6.49. The van der Waals surface area contributed by atoms with Gasteiger partial charge in [0.25, 0.3) is 0 Å². The van der Waals surface area contributed by atoms with Gasteiger partial charge >= 0.3 is 0 Å². The van der Waals surface area contributed by atoms with E-state index in [1.165, 1.54) is 41.2 Å². The molecule has 106 valence electrons. The number of rotatable bonds is 10. The van der Waals surface area contributed by atoms with Gasteiger partial charge in [-0.1, -0.05) is 53.9 Å². The fraction of sp³-hybridized carbons (Fsp3) is 0.714. The average Bonchev–Trinajstić information content (AvgIpc) is 2.38. The normalized spacial score (nSPS) is 14.9. The van der Waals surface area contributed by atoms with Crippen molar-refractivity contribution in [2.45, 2.75) is 46.5 Å². The zero-order valence-corrected chi connectivity index (χ0v) is 14.1. The van der Waals surface area contributed by atoms with Crippen molar-refractivity contribution in [2.75, 3.05) is 17.4 Å².